The molecule has 0 bridgehead atoms. The van der Waals surface area contributed by atoms with Crippen LogP contribution in [0.15, 0.2) is 29.0 Å². The molecule has 4 rings (SSSR count). The van der Waals surface area contributed by atoms with Crippen molar-refractivity contribution in [1.82, 2.24) is 20.5 Å². The normalized spacial score (nSPS) is 22.6. The fourth-order valence-electron chi connectivity index (χ4n) is 5.31. The van der Waals surface area contributed by atoms with Crippen LogP contribution in [-0.4, -0.2) is 58.9 Å². The van der Waals surface area contributed by atoms with Crippen LogP contribution < -0.4 is 10.6 Å². The van der Waals surface area contributed by atoms with E-state index in [4.69, 9.17) is 4.74 Å². The van der Waals surface area contributed by atoms with E-state index < -0.39 is 28.8 Å². The van der Waals surface area contributed by atoms with Crippen LogP contribution >= 0.6 is 11.3 Å². The number of carbonyl (C=O) groups is 3. The van der Waals surface area contributed by atoms with Crippen LogP contribution in [0, 0.1) is 29.1 Å². The first-order valence-electron chi connectivity index (χ1n) is 14.1. The van der Waals surface area contributed by atoms with Gasteiger partial charge in [0.05, 0.1) is 23.4 Å². The zero-order chi connectivity index (χ0) is 29.2. The molecule has 2 N–H and O–H groups in total. The molecule has 9 nitrogen and oxygen atoms in total. The highest BCUT2D eigenvalue weighted by molar-refractivity contribution is 7.09. The molecule has 1 saturated carbocycles. The van der Waals surface area contributed by atoms with Crippen LogP contribution in [0.1, 0.15) is 83.2 Å². The summed E-state index contributed by atoms with van der Waals surface area (Å²) in [6.45, 7) is 12.4. The lowest BCUT2D eigenvalue weighted by atomic mass is 9.85. The van der Waals surface area contributed by atoms with Crippen LogP contribution in [0.5, 0.6) is 0 Å². The lowest BCUT2D eigenvalue weighted by Gasteiger charge is -2.35. The predicted octanol–water partition coefficient (Wildman–Crippen LogP) is 4.12. The highest BCUT2D eigenvalue weighted by Gasteiger charge is 2.53. The van der Waals surface area contributed by atoms with E-state index >= 15 is 0 Å². The number of carbonyl (C=O) groups excluding carboxylic acids is 3. The maximum Gasteiger partial charge on any atom is 0.246 e. The summed E-state index contributed by atoms with van der Waals surface area (Å²) < 4.78 is 6.13. The molecule has 2 aliphatic carbocycles. The molecule has 3 aliphatic rings. The summed E-state index contributed by atoms with van der Waals surface area (Å²) in [6.07, 6.45) is 7.29. The molecule has 1 aromatic heterocycles. The van der Waals surface area contributed by atoms with Gasteiger partial charge in [0.15, 0.2) is 0 Å². The van der Waals surface area contributed by atoms with Gasteiger partial charge < -0.3 is 20.3 Å². The first-order valence-corrected chi connectivity index (χ1v) is 15.0. The standard InChI is InChI=1S/C30H41N5O4S/c1-18(2)39-23-14-20(24-19(3)33-17-40-24)9-10-21(23)15-32-26(36)22-8-7-13-35(22)27(37)25(29(4,5)6)34-28(38)30(16-31)11-12-30/h10,14,17-18,20,22,25H,7-9,11-13,15H2,1-6H3,(H,32,36)(H,34,38). The Kier molecular flexibility index (Phi) is 8.74. The van der Waals surface area contributed by atoms with Crippen molar-refractivity contribution in [2.45, 2.75) is 97.8 Å². The fraction of sp³-hybridized carbons (Fsp3) is 0.633. The van der Waals surface area contributed by atoms with Gasteiger partial charge in [-0.1, -0.05) is 26.8 Å². The van der Waals surface area contributed by atoms with E-state index in [1.807, 2.05) is 47.1 Å². The Hall–Kier alpha value is -3.19. The van der Waals surface area contributed by atoms with E-state index in [1.165, 1.54) is 4.88 Å². The second-order valence-corrected chi connectivity index (χ2v) is 13.3. The van der Waals surface area contributed by atoms with E-state index in [9.17, 15) is 19.6 Å². The summed E-state index contributed by atoms with van der Waals surface area (Å²) in [5.74, 6) is 0.0510. The maximum atomic E-state index is 13.7. The van der Waals surface area contributed by atoms with Crippen molar-refractivity contribution in [3.8, 4) is 6.07 Å². The van der Waals surface area contributed by atoms with Gasteiger partial charge in [-0.3, -0.25) is 14.4 Å². The minimum atomic E-state index is -1.03. The second-order valence-electron chi connectivity index (χ2n) is 12.4. The lowest BCUT2D eigenvalue weighted by molar-refractivity contribution is -0.144. The van der Waals surface area contributed by atoms with Gasteiger partial charge in [-0.05, 0) is 64.4 Å². The zero-order valence-corrected chi connectivity index (χ0v) is 25.2. The number of nitrogens with zero attached hydrogens (tertiary/aromatic N) is 3. The molecule has 1 aliphatic heterocycles. The number of nitriles is 1. The molecule has 3 atom stereocenters. The summed E-state index contributed by atoms with van der Waals surface area (Å²) >= 11 is 1.64. The van der Waals surface area contributed by atoms with E-state index in [2.05, 4.69) is 33.8 Å². The van der Waals surface area contributed by atoms with Crippen molar-refractivity contribution in [3.05, 3.63) is 39.6 Å². The van der Waals surface area contributed by atoms with E-state index in [0.717, 1.165) is 23.4 Å². The number of rotatable bonds is 9. The second kappa shape index (κ2) is 11.7. The van der Waals surface area contributed by atoms with Gasteiger partial charge in [-0.25, -0.2) is 4.98 Å². The van der Waals surface area contributed by atoms with E-state index in [-0.39, 0.29) is 23.8 Å². The molecular formula is C30H41N5O4S. The Labute approximate surface area is 241 Å². The maximum absolute atomic E-state index is 13.7. The van der Waals surface area contributed by atoms with Crippen molar-refractivity contribution in [3.63, 3.8) is 0 Å². The fourth-order valence-corrected chi connectivity index (χ4v) is 6.19. The smallest absolute Gasteiger partial charge is 0.246 e. The molecule has 0 radical (unpaired) electrons. The molecular weight excluding hydrogens is 526 g/mol. The number of nitrogens with one attached hydrogen (secondary N) is 2. The van der Waals surface area contributed by atoms with Gasteiger partial charge in [-0.2, -0.15) is 5.26 Å². The molecule has 10 heteroatoms. The van der Waals surface area contributed by atoms with Gasteiger partial charge in [0, 0.05) is 29.5 Å². The monoisotopic (exact) mass is 567 g/mol. The molecule has 2 fully saturated rings. The number of aromatic nitrogens is 1. The summed E-state index contributed by atoms with van der Waals surface area (Å²) in [7, 11) is 0. The molecule has 3 amide bonds. The number of aryl methyl sites for hydroxylation is 1. The molecule has 0 aromatic carbocycles. The van der Waals surface area contributed by atoms with Crippen LogP contribution in [0.3, 0.4) is 0 Å². The average molecular weight is 568 g/mol. The Morgan fingerprint density at radius 2 is 2.02 bits per heavy atom. The Morgan fingerprint density at radius 3 is 2.60 bits per heavy atom. The summed E-state index contributed by atoms with van der Waals surface area (Å²) in [5.41, 5.74) is 2.19. The Bertz CT molecular complexity index is 1250. The topological polar surface area (TPSA) is 124 Å². The first kappa shape index (κ1) is 29.8. The minimum Gasteiger partial charge on any atom is -0.491 e. The quantitative estimate of drug-likeness (QED) is 0.463. The zero-order valence-electron chi connectivity index (χ0n) is 24.4. The number of amides is 3. The number of hydrogen-bond acceptors (Lipinski definition) is 7. The summed E-state index contributed by atoms with van der Waals surface area (Å²) in [4.78, 5) is 47.2. The van der Waals surface area contributed by atoms with Crippen molar-refractivity contribution in [2.24, 2.45) is 10.8 Å². The molecule has 216 valence electrons. The first-order chi connectivity index (χ1) is 18.9. The highest BCUT2D eigenvalue weighted by atomic mass is 32.1. The van der Waals surface area contributed by atoms with Crippen LogP contribution in [0.25, 0.3) is 0 Å². The van der Waals surface area contributed by atoms with Gasteiger partial charge in [0.25, 0.3) is 0 Å². The Morgan fingerprint density at radius 1 is 1.30 bits per heavy atom. The summed E-state index contributed by atoms with van der Waals surface area (Å²) in [5, 5.41) is 15.3. The molecule has 2 heterocycles. The van der Waals surface area contributed by atoms with Gasteiger partial charge in [-0.15, -0.1) is 11.3 Å². The highest BCUT2D eigenvalue weighted by Crippen LogP contribution is 2.45. The third kappa shape index (κ3) is 6.41. The van der Waals surface area contributed by atoms with Crippen molar-refractivity contribution >= 4 is 29.1 Å². The Balaban J connectivity index is 1.43. The lowest BCUT2D eigenvalue weighted by Crippen LogP contribution is -2.58. The number of ether oxygens (including phenoxy) is 1. The SMILES string of the molecule is Cc1ncsc1C1C=C(OC(C)C)C(CNC(=O)C2CCCN2C(=O)C(NC(=O)C2(C#N)CC2)C(C)(C)C)=CC1. The molecule has 3 unspecified atom stereocenters. The number of allylic oxidation sites excluding steroid dienone is 2. The largest absolute Gasteiger partial charge is 0.491 e. The van der Waals surface area contributed by atoms with Crippen LogP contribution in [0.4, 0.5) is 0 Å². The predicted molar refractivity (Wildman–Crippen MR) is 153 cm³/mol. The van der Waals surface area contributed by atoms with Crippen molar-refractivity contribution in [2.75, 3.05) is 13.1 Å². The molecule has 0 spiro atoms. The molecule has 40 heavy (non-hydrogen) atoms. The van der Waals surface area contributed by atoms with Gasteiger partial charge in [0.2, 0.25) is 17.7 Å². The third-order valence-electron chi connectivity index (χ3n) is 7.85. The van der Waals surface area contributed by atoms with E-state index in [1.54, 1.807) is 16.2 Å². The summed E-state index contributed by atoms with van der Waals surface area (Å²) in [6, 6.07) is 0.650. The molecule has 1 aromatic rings. The van der Waals surface area contributed by atoms with Crippen LogP contribution in [0.2, 0.25) is 0 Å². The van der Waals surface area contributed by atoms with Gasteiger partial charge in [0.1, 0.15) is 23.3 Å². The third-order valence-corrected chi connectivity index (χ3v) is 8.91. The van der Waals surface area contributed by atoms with Crippen molar-refractivity contribution in [1.29, 1.82) is 5.26 Å². The van der Waals surface area contributed by atoms with Crippen LogP contribution in [-0.2, 0) is 19.1 Å². The number of thiazole rings is 1. The van der Waals surface area contributed by atoms with Crippen molar-refractivity contribution < 1.29 is 19.1 Å². The number of likely N-dealkylation sites (tertiary alicyclic amines) is 1. The average Bonchev–Trinajstić information content (AvgIpc) is 3.32. The molecule has 1 saturated heterocycles. The minimum absolute atomic E-state index is 0.0186. The van der Waals surface area contributed by atoms with Gasteiger partial charge >= 0.3 is 0 Å². The number of hydrogen-bond donors (Lipinski definition) is 2. The van der Waals surface area contributed by atoms with E-state index in [0.29, 0.717) is 38.8 Å².